The first-order chi connectivity index (χ1) is 7.94. The van der Waals surface area contributed by atoms with Gasteiger partial charge in [0.1, 0.15) is 12.0 Å². The number of hydrogen-bond donors (Lipinski definition) is 0. The summed E-state index contributed by atoms with van der Waals surface area (Å²) in [4.78, 5) is 12.2. The summed E-state index contributed by atoms with van der Waals surface area (Å²) >= 11 is 17.3. The molecule has 0 fully saturated rings. The van der Waals surface area contributed by atoms with Crippen LogP contribution in [0.15, 0.2) is 29.2 Å². The summed E-state index contributed by atoms with van der Waals surface area (Å²) in [7, 11) is 0. The van der Waals surface area contributed by atoms with Crippen molar-refractivity contribution in [3.8, 4) is 5.40 Å². The minimum absolute atomic E-state index is 0.272. The van der Waals surface area contributed by atoms with E-state index in [2.05, 4.69) is 0 Å². The second-order valence-corrected chi connectivity index (χ2v) is 6.22. The van der Waals surface area contributed by atoms with E-state index in [1.54, 1.807) is 24.3 Å². The minimum Gasteiger partial charge on any atom is -0.458 e. The molecule has 1 aromatic rings. The Morgan fingerprint density at radius 3 is 2.65 bits per heavy atom. The molecule has 1 rings (SSSR count). The van der Waals surface area contributed by atoms with Gasteiger partial charge in [0.25, 0.3) is 0 Å². The fourth-order valence-electron chi connectivity index (χ4n) is 0.999. The fraction of sp³-hybridized carbons (Fsp3) is 0.200. The SMILES string of the molecule is N#CSc1ccccc1C(=O)OCC(Cl)(Cl)Cl. The number of thioether (sulfide) groups is 1. The van der Waals surface area contributed by atoms with Gasteiger partial charge in [0, 0.05) is 4.90 Å². The van der Waals surface area contributed by atoms with Gasteiger partial charge in [-0.1, -0.05) is 46.9 Å². The first kappa shape index (κ1) is 14.5. The Morgan fingerprint density at radius 1 is 1.41 bits per heavy atom. The van der Waals surface area contributed by atoms with Gasteiger partial charge in [-0.15, -0.1) is 0 Å². The average Bonchev–Trinajstić information content (AvgIpc) is 2.26. The molecule has 0 aromatic heterocycles. The molecule has 0 bridgehead atoms. The molecular formula is C10H6Cl3NO2S. The topological polar surface area (TPSA) is 50.1 Å². The predicted molar refractivity (Wildman–Crippen MR) is 68.5 cm³/mol. The van der Waals surface area contributed by atoms with Gasteiger partial charge in [-0.25, -0.2) is 4.79 Å². The van der Waals surface area contributed by atoms with Crippen molar-refractivity contribution < 1.29 is 9.53 Å². The highest BCUT2D eigenvalue weighted by Crippen LogP contribution is 2.27. The van der Waals surface area contributed by atoms with Crippen molar-refractivity contribution in [2.75, 3.05) is 6.61 Å². The summed E-state index contributed by atoms with van der Waals surface area (Å²) < 4.78 is 3.18. The second kappa shape index (κ2) is 6.36. The molecule has 0 saturated heterocycles. The van der Waals surface area contributed by atoms with E-state index in [1.165, 1.54) is 0 Å². The Hall–Kier alpha value is -0.600. The van der Waals surface area contributed by atoms with Crippen LogP contribution in [0, 0.1) is 10.7 Å². The van der Waals surface area contributed by atoms with Crippen molar-refractivity contribution in [3.05, 3.63) is 29.8 Å². The fourth-order valence-corrected chi connectivity index (χ4v) is 1.67. The zero-order chi connectivity index (χ0) is 12.9. The third-order valence-corrected chi connectivity index (χ3v) is 2.62. The van der Waals surface area contributed by atoms with Crippen molar-refractivity contribution in [2.45, 2.75) is 8.69 Å². The van der Waals surface area contributed by atoms with Gasteiger partial charge in [0.2, 0.25) is 3.79 Å². The molecule has 0 amide bonds. The van der Waals surface area contributed by atoms with E-state index in [0.29, 0.717) is 4.90 Å². The smallest absolute Gasteiger partial charge is 0.339 e. The lowest BCUT2D eigenvalue weighted by Gasteiger charge is -2.12. The Bertz CT molecular complexity index is 454. The van der Waals surface area contributed by atoms with Crippen LogP contribution < -0.4 is 0 Å². The molecule has 1 aromatic carbocycles. The lowest BCUT2D eigenvalue weighted by Crippen LogP contribution is -2.17. The number of nitriles is 1. The third-order valence-electron chi connectivity index (χ3n) is 1.63. The van der Waals surface area contributed by atoms with Crippen molar-refractivity contribution in [2.24, 2.45) is 0 Å². The van der Waals surface area contributed by atoms with Crippen LogP contribution in [0.5, 0.6) is 0 Å². The number of nitrogens with zero attached hydrogens (tertiary/aromatic N) is 1. The van der Waals surface area contributed by atoms with Crippen LogP contribution in [0.2, 0.25) is 0 Å². The van der Waals surface area contributed by atoms with Crippen LogP contribution in [0.25, 0.3) is 0 Å². The molecule has 0 radical (unpaired) electrons. The van der Waals surface area contributed by atoms with Gasteiger partial charge >= 0.3 is 5.97 Å². The summed E-state index contributed by atoms with van der Waals surface area (Å²) in [5.74, 6) is -0.630. The van der Waals surface area contributed by atoms with Gasteiger partial charge in [0.05, 0.1) is 5.56 Å². The first-order valence-electron chi connectivity index (χ1n) is 4.33. The number of ether oxygens (including phenoxy) is 1. The van der Waals surface area contributed by atoms with E-state index in [9.17, 15) is 4.79 Å². The summed E-state index contributed by atoms with van der Waals surface area (Å²) in [6.45, 7) is -0.345. The van der Waals surface area contributed by atoms with Crippen LogP contribution >= 0.6 is 46.6 Å². The Kier molecular flexibility index (Phi) is 5.41. The highest BCUT2D eigenvalue weighted by molar-refractivity contribution is 8.03. The summed E-state index contributed by atoms with van der Waals surface area (Å²) in [6.07, 6.45) is 0. The van der Waals surface area contributed by atoms with Gasteiger partial charge in [-0.05, 0) is 23.9 Å². The first-order valence-corrected chi connectivity index (χ1v) is 6.28. The monoisotopic (exact) mass is 309 g/mol. The van der Waals surface area contributed by atoms with Gasteiger partial charge in [-0.2, -0.15) is 5.26 Å². The number of alkyl halides is 3. The van der Waals surface area contributed by atoms with Crippen molar-refractivity contribution in [1.29, 1.82) is 5.26 Å². The molecule has 0 heterocycles. The molecule has 0 aliphatic carbocycles. The molecule has 3 nitrogen and oxygen atoms in total. The maximum absolute atomic E-state index is 11.7. The maximum Gasteiger partial charge on any atom is 0.339 e. The number of carbonyl (C=O) groups is 1. The molecule has 17 heavy (non-hydrogen) atoms. The van der Waals surface area contributed by atoms with E-state index >= 15 is 0 Å². The number of thiocyanates is 1. The quantitative estimate of drug-likeness (QED) is 0.369. The number of hydrogen-bond acceptors (Lipinski definition) is 4. The van der Waals surface area contributed by atoms with Gasteiger partial charge in [-0.3, -0.25) is 0 Å². The number of halogens is 3. The van der Waals surface area contributed by atoms with Crippen LogP contribution in [-0.4, -0.2) is 16.4 Å². The van der Waals surface area contributed by atoms with Crippen LogP contribution in [-0.2, 0) is 4.74 Å². The molecule has 0 aliphatic heterocycles. The summed E-state index contributed by atoms with van der Waals surface area (Å²) in [5.41, 5.74) is 0.272. The highest BCUT2D eigenvalue weighted by atomic mass is 35.6. The number of carbonyl (C=O) groups excluding carboxylic acids is 1. The summed E-state index contributed by atoms with van der Waals surface area (Å²) in [6, 6.07) is 6.55. The molecule has 0 aliphatic rings. The van der Waals surface area contributed by atoms with Crippen LogP contribution in [0.1, 0.15) is 10.4 Å². The molecule has 90 valence electrons. The zero-order valence-corrected chi connectivity index (χ0v) is 11.4. The normalized spacial score (nSPS) is 10.7. The number of benzene rings is 1. The molecule has 0 atom stereocenters. The van der Waals surface area contributed by atoms with Crippen molar-refractivity contribution in [3.63, 3.8) is 0 Å². The highest BCUT2D eigenvalue weighted by Gasteiger charge is 2.23. The van der Waals surface area contributed by atoms with Crippen molar-refractivity contribution in [1.82, 2.24) is 0 Å². The molecule has 0 spiro atoms. The van der Waals surface area contributed by atoms with E-state index in [1.807, 2.05) is 5.40 Å². The van der Waals surface area contributed by atoms with E-state index < -0.39 is 9.76 Å². The van der Waals surface area contributed by atoms with E-state index in [4.69, 9.17) is 44.8 Å². The largest absolute Gasteiger partial charge is 0.458 e. The predicted octanol–water partition coefficient (Wildman–Crippen LogP) is 3.79. The number of rotatable bonds is 3. The zero-order valence-electron chi connectivity index (χ0n) is 8.32. The minimum atomic E-state index is -1.65. The third kappa shape index (κ3) is 5.05. The summed E-state index contributed by atoms with van der Waals surface area (Å²) in [5, 5.41) is 10.5. The molecule has 0 saturated carbocycles. The molecule has 7 heteroatoms. The lowest BCUT2D eigenvalue weighted by molar-refractivity contribution is 0.0508. The lowest BCUT2D eigenvalue weighted by atomic mass is 10.2. The Balaban J connectivity index is 2.79. The Labute approximate surface area is 118 Å². The molecular weight excluding hydrogens is 305 g/mol. The molecule has 0 unspecified atom stereocenters. The number of esters is 1. The standard InChI is InChI=1S/C10H6Cl3NO2S/c11-10(12,13)5-16-9(15)7-3-1-2-4-8(7)17-6-14/h1-4H,5H2. The van der Waals surface area contributed by atoms with Gasteiger partial charge < -0.3 is 4.74 Å². The maximum atomic E-state index is 11.7. The van der Waals surface area contributed by atoms with E-state index in [0.717, 1.165) is 11.8 Å². The van der Waals surface area contributed by atoms with Crippen LogP contribution in [0.4, 0.5) is 0 Å². The van der Waals surface area contributed by atoms with E-state index in [-0.39, 0.29) is 12.2 Å². The Morgan fingerprint density at radius 2 is 2.06 bits per heavy atom. The van der Waals surface area contributed by atoms with Gasteiger partial charge in [0.15, 0.2) is 0 Å². The average molecular weight is 311 g/mol. The van der Waals surface area contributed by atoms with Crippen LogP contribution in [0.3, 0.4) is 0 Å². The molecule has 0 N–H and O–H groups in total. The second-order valence-electron chi connectivity index (χ2n) is 2.88. The van der Waals surface area contributed by atoms with Crippen molar-refractivity contribution >= 4 is 52.5 Å².